The van der Waals surface area contributed by atoms with Crippen molar-refractivity contribution < 1.29 is 23.1 Å². The van der Waals surface area contributed by atoms with Crippen molar-refractivity contribution in [3.63, 3.8) is 0 Å². The number of hydrogen-bond acceptors (Lipinski definition) is 5. The Bertz CT molecular complexity index is 500. The van der Waals surface area contributed by atoms with Crippen LogP contribution >= 0.6 is 0 Å². The molecule has 19 heavy (non-hydrogen) atoms. The van der Waals surface area contributed by atoms with Crippen molar-refractivity contribution in [2.75, 3.05) is 19.5 Å². The Labute approximate surface area is 112 Å². The molecule has 2 N–H and O–H groups in total. The highest BCUT2D eigenvalue weighted by Crippen LogP contribution is 2.04. The van der Waals surface area contributed by atoms with Crippen LogP contribution in [-0.2, 0) is 26.0 Å². The summed E-state index contributed by atoms with van der Waals surface area (Å²) in [6.45, 7) is -0.352. The summed E-state index contributed by atoms with van der Waals surface area (Å²) in [6, 6.07) is 8.49. The van der Waals surface area contributed by atoms with Gasteiger partial charge in [0.05, 0.1) is 13.7 Å². The van der Waals surface area contributed by atoms with Gasteiger partial charge in [-0.2, -0.15) is 0 Å². The van der Waals surface area contributed by atoms with Gasteiger partial charge in [0.15, 0.2) is 5.75 Å². The summed E-state index contributed by atoms with van der Waals surface area (Å²) >= 11 is 0. The van der Waals surface area contributed by atoms with Crippen LogP contribution in [0.1, 0.15) is 5.56 Å². The molecular weight excluding hydrogens is 270 g/mol. The van der Waals surface area contributed by atoms with Crippen LogP contribution in [0, 0.1) is 0 Å². The summed E-state index contributed by atoms with van der Waals surface area (Å²) in [5.74, 6) is -1.60. The number of nitrogens with one attached hydrogen (secondary N) is 1. The standard InChI is InChI=1S/C12H17NO5S/c1-18-12(15)9-19(16,17)13-11(8-14)7-10-5-3-2-4-6-10/h2-6,11,13-14H,7-9H2,1H3/t11-/m0/s1. The topological polar surface area (TPSA) is 92.7 Å². The summed E-state index contributed by atoms with van der Waals surface area (Å²) in [4.78, 5) is 11.0. The summed E-state index contributed by atoms with van der Waals surface area (Å²) in [7, 11) is -2.69. The fourth-order valence-corrected chi connectivity index (χ4v) is 2.73. The van der Waals surface area contributed by atoms with E-state index in [0.29, 0.717) is 6.42 Å². The third kappa shape index (κ3) is 5.82. The van der Waals surface area contributed by atoms with E-state index in [1.54, 1.807) is 0 Å². The van der Waals surface area contributed by atoms with Crippen molar-refractivity contribution in [1.29, 1.82) is 0 Å². The Morgan fingerprint density at radius 3 is 2.53 bits per heavy atom. The van der Waals surface area contributed by atoms with Crippen molar-refractivity contribution >= 4 is 16.0 Å². The number of aliphatic hydroxyl groups excluding tert-OH is 1. The molecule has 0 saturated carbocycles. The van der Waals surface area contributed by atoms with Gasteiger partial charge in [-0.05, 0) is 12.0 Å². The lowest BCUT2D eigenvalue weighted by Gasteiger charge is -2.16. The summed E-state index contributed by atoms with van der Waals surface area (Å²) in [5.41, 5.74) is 0.891. The first-order valence-corrected chi connectivity index (χ1v) is 7.33. The SMILES string of the molecule is COC(=O)CS(=O)(=O)N[C@H](CO)Cc1ccccc1. The third-order valence-electron chi connectivity index (χ3n) is 2.43. The molecule has 1 rings (SSSR count). The molecule has 6 nitrogen and oxygen atoms in total. The number of ether oxygens (including phenoxy) is 1. The van der Waals surface area contributed by atoms with Crippen LogP contribution in [0.15, 0.2) is 30.3 Å². The smallest absolute Gasteiger partial charge is 0.322 e. The highest BCUT2D eigenvalue weighted by molar-refractivity contribution is 7.90. The maximum absolute atomic E-state index is 11.6. The Morgan fingerprint density at radius 1 is 1.37 bits per heavy atom. The minimum atomic E-state index is -3.81. The summed E-state index contributed by atoms with van der Waals surface area (Å²) in [6.07, 6.45) is 0.345. The first-order chi connectivity index (χ1) is 8.96. The Morgan fingerprint density at radius 2 is 2.00 bits per heavy atom. The van der Waals surface area contributed by atoms with Gasteiger partial charge in [0.2, 0.25) is 10.0 Å². The van der Waals surface area contributed by atoms with E-state index in [4.69, 9.17) is 0 Å². The van der Waals surface area contributed by atoms with Gasteiger partial charge in [-0.1, -0.05) is 30.3 Å². The van der Waals surface area contributed by atoms with E-state index >= 15 is 0 Å². The predicted molar refractivity (Wildman–Crippen MR) is 70.0 cm³/mol. The van der Waals surface area contributed by atoms with E-state index in [2.05, 4.69) is 9.46 Å². The molecule has 0 heterocycles. The molecule has 106 valence electrons. The first kappa shape index (κ1) is 15.6. The monoisotopic (exact) mass is 287 g/mol. The Kier molecular flexibility index (Phi) is 5.94. The molecule has 0 aliphatic rings. The van der Waals surface area contributed by atoms with Crippen LogP contribution in [0.5, 0.6) is 0 Å². The van der Waals surface area contributed by atoms with E-state index in [-0.39, 0.29) is 6.61 Å². The molecule has 1 aromatic carbocycles. The van der Waals surface area contributed by atoms with Crippen LogP contribution in [0.4, 0.5) is 0 Å². The lowest BCUT2D eigenvalue weighted by Crippen LogP contribution is -2.41. The molecule has 0 fully saturated rings. The second kappa shape index (κ2) is 7.22. The second-order valence-electron chi connectivity index (χ2n) is 4.02. The summed E-state index contributed by atoms with van der Waals surface area (Å²) in [5, 5.41) is 9.20. The molecule has 0 aromatic heterocycles. The molecule has 0 bridgehead atoms. The van der Waals surface area contributed by atoms with Crippen molar-refractivity contribution in [1.82, 2.24) is 4.72 Å². The fourth-order valence-electron chi connectivity index (χ4n) is 1.55. The molecule has 7 heteroatoms. The molecule has 0 amide bonds. The highest BCUT2D eigenvalue weighted by Gasteiger charge is 2.21. The van der Waals surface area contributed by atoms with Gasteiger partial charge in [-0.15, -0.1) is 0 Å². The largest absolute Gasteiger partial charge is 0.468 e. The molecule has 0 unspecified atom stereocenters. The van der Waals surface area contributed by atoms with Crippen molar-refractivity contribution in [2.45, 2.75) is 12.5 Å². The van der Waals surface area contributed by atoms with Crippen molar-refractivity contribution in [3.05, 3.63) is 35.9 Å². The lowest BCUT2D eigenvalue weighted by molar-refractivity contribution is -0.137. The maximum atomic E-state index is 11.6. The minimum absolute atomic E-state index is 0.345. The van der Waals surface area contributed by atoms with Gasteiger partial charge >= 0.3 is 5.97 Å². The van der Waals surface area contributed by atoms with E-state index in [1.807, 2.05) is 30.3 Å². The van der Waals surface area contributed by atoms with E-state index < -0.39 is 27.8 Å². The normalized spacial score (nSPS) is 12.9. The predicted octanol–water partition coefficient (Wildman–Crippen LogP) is -0.318. The Hall–Kier alpha value is -1.44. The first-order valence-electron chi connectivity index (χ1n) is 5.68. The maximum Gasteiger partial charge on any atom is 0.322 e. The number of aliphatic hydroxyl groups is 1. The van der Waals surface area contributed by atoms with Gasteiger partial charge in [0.1, 0.15) is 0 Å². The molecule has 1 atom stereocenters. The number of carbonyl (C=O) groups excluding carboxylic acids is 1. The zero-order chi connectivity index (χ0) is 14.3. The zero-order valence-corrected chi connectivity index (χ0v) is 11.4. The van der Waals surface area contributed by atoms with E-state index in [0.717, 1.165) is 12.7 Å². The number of carbonyl (C=O) groups is 1. The molecule has 0 aliphatic heterocycles. The molecule has 0 saturated heterocycles. The average molecular weight is 287 g/mol. The van der Waals surface area contributed by atoms with Gasteiger partial charge in [0, 0.05) is 6.04 Å². The lowest BCUT2D eigenvalue weighted by atomic mass is 10.1. The van der Waals surface area contributed by atoms with E-state index in [9.17, 15) is 18.3 Å². The van der Waals surface area contributed by atoms with Gasteiger partial charge in [0.25, 0.3) is 0 Å². The van der Waals surface area contributed by atoms with Gasteiger partial charge in [-0.3, -0.25) is 4.79 Å². The molecule has 1 aromatic rings. The Balaban J connectivity index is 2.64. The minimum Gasteiger partial charge on any atom is -0.468 e. The molecule has 0 aliphatic carbocycles. The van der Waals surface area contributed by atoms with Gasteiger partial charge < -0.3 is 9.84 Å². The van der Waals surface area contributed by atoms with Crippen molar-refractivity contribution in [2.24, 2.45) is 0 Å². The second-order valence-corrected chi connectivity index (χ2v) is 5.78. The van der Waals surface area contributed by atoms with Crippen LogP contribution in [0.25, 0.3) is 0 Å². The fraction of sp³-hybridized carbons (Fsp3) is 0.417. The number of hydrogen-bond donors (Lipinski definition) is 2. The summed E-state index contributed by atoms with van der Waals surface area (Å²) < 4.78 is 29.8. The number of benzene rings is 1. The molecule has 0 radical (unpaired) electrons. The molecular formula is C12H17NO5S. The van der Waals surface area contributed by atoms with Gasteiger partial charge in [-0.25, -0.2) is 13.1 Å². The quantitative estimate of drug-likeness (QED) is 0.671. The number of esters is 1. The molecule has 0 spiro atoms. The number of methoxy groups -OCH3 is 1. The van der Waals surface area contributed by atoms with Crippen molar-refractivity contribution in [3.8, 4) is 0 Å². The van der Waals surface area contributed by atoms with Crippen LogP contribution < -0.4 is 4.72 Å². The number of rotatable bonds is 7. The average Bonchev–Trinajstić information content (AvgIpc) is 2.38. The highest BCUT2D eigenvalue weighted by atomic mass is 32.2. The number of sulfonamides is 1. The van der Waals surface area contributed by atoms with Crippen LogP contribution in [0.3, 0.4) is 0 Å². The van der Waals surface area contributed by atoms with E-state index in [1.165, 1.54) is 0 Å². The van der Waals surface area contributed by atoms with Crippen LogP contribution in [0.2, 0.25) is 0 Å². The third-order valence-corrected chi connectivity index (χ3v) is 3.74. The van der Waals surface area contributed by atoms with Crippen LogP contribution in [-0.4, -0.2) is 45.0 Å². The zero-order valence-electron chi connectivity index (χ0n) is 10.6.